The Bertz CT molecular complexity index is 403. The van der Waals surface area contributed by atoms with Gasteiger partial charge in [0.25, 0.3) is 0 Å². The average molecular weight is 293 g/mol. The van der Waals surface area contributed by atoms with E-state index in [-0.39, 0.29) is 0 Å². The van der Waals surface area contributed by atoms with Gasteiger partial charge in [-0.1, -0.05) is 0 Å². The molecule has 0 aromatic carbocycles. The summed E-state index contributed by atoms with van der Waals surface area (Å²) < 4.78 is 37.4. The molecule has 0 amide bonds. The van der Waals surface area contributed by atoms with Crippen molar-refractivity contribution in [3.63, 3.8) is 0 Å². The van der Waals surface area contributed by atoms with Crippen LogP contribution in [0.25, 0.3) is 0 Å². The normalized spacial score (nSPS) is 20.6. The van der Waals surface area contributed by atoms with Gasteiger partial charge in [0.05, 0.1) is 5.56 Å². The van der Waals surface area contributed by atoms with E-state index < -0.39 is 11.7 Å². The van der Waals surface area contributed by atoms with Crippen molar-refractivity contribution in [2.75, 3.05) is 23.9 Å². The number of anilines is 1. The van der Waals surface area contributed by atoms with E-state index in [1.807, 2.05) is 4.90 Å². The largest absolute Gasteiger partial charge is 0.417 e. The lowest BCUT2D eigenvalue weighted by atomic mass is 9.95. The molecule has 1 aliphatic rings. The van der Waals surface area contributed by atoms with Gasteiger partial charge in [0.1, 0.15) is 5.82 Å². The zero-order valence-electron chi connectivity index (χ0n) is 10.5. The molecule has 1 aromatic heterocycles. The SMILES string of the molecule is FC(F)(F)c1ccc(N2CCCC(CCCl)C2)nc1. The number of halogens is 4. The summed E-state index contributed by atoms with van der Waals surface area (Å²) in [5.41, 5.74) is -0.703. The first-order valence-corrected chi connectivity index (χ1v) is 6.88. The second-order valence-corrected chi connectivity index (χ2v) is 5.21. The average Bonchev–Trinajstić information content (AvgIpc) is 2.39. The maximum Gasteiger partial charge on any atom is 0.417 e. The lowest BCUT2D eigenvalue weighted by Crippen LogP contribution is -2.36. The van der Waals surface area contributed by atoms with Gasteiger partial charge in [0, 0.05) is 25.2 Å². The van der Waals surface area contributed by atoms with Gasteiger partial charge in [-0.3, -0.25) is 0 Å². The smallest absolute Gasteiger partial charge is 0.356 e. The van der Waals surface area contributed by atoms with E-state index in [1.54, 1.807) is 0 Å². The zero-order chi connectivity index (χ0) is 13.9. The van der Waals surface area contributed by atoms with Crippen LogP contribution in [0.1, 0.15) is 24.8 Å². The Hall–Kier alpha value is -0.970. The van der Waals surface area contributed by atoms with Crippen molar-refractivity contribution in [3.8, 4) is 0 Å². The Labute approximate surface area is 115 Å². The summed E-state index contributed by atoms with van der Waals surface area (Å²) in [5, 5.41) is 0. The van der Waals surface area contributed by atoms with Gasteiger partial charge < -0.3 is 4.90 Å². The van der Waals surface area contributed by atoms with Crippen molar-refractivity contribution >= 4 is 17.4 Å². The van der Waals surface area contributed by atoms with E-state index in [2.05, 4.69) is 4.98 Å². The molecule has 0 saturated carbocycles. The van der Waals surface area contributed by atoms with Crippen molar-refractivity contribution in [3.05, 3.63) is 23.9 Å². The quantitative estimate of drug-likeness (QED) is 0.784. The van der Waals surface area contributed by atoms with Crippen LogP contribution in [0.4, 0.5) is 19.0 Å². The van der Waals surface area contributed by atoms with E-state index in [4.69, 9.17) is 11.6 Å². The van der Waals surface area contributed by atoms with Crippen LogP contribution < -0.4 is 4.90 Å². The first-order valence-electron chi connectivity index (χ1n) is 6.35. The fourth-order valence-corrected chi connectivity index (χ4v) is 2.71. The molecule has 106 valence electrons. The maximum atomic E-state index is 12.5. The van der Waals surface area contributed by atoms with Gasteiger partial charge >= 0.3 is 6.18 Å². The van der Waals surface area contributed by atoms with Crippen molar-refractivity contribution in [2.45, 2.75) is 25.4 Å². The van der Waals surface area contributed by atoms with Gasteiger partial charge in [-0.25, -0.2) is 4.98 Å². The van der Waals surface area contributed by atoms with Crippen LogP contribution in [0.15, 0.2) is 18.3 Å². The molecule has 1 atom stereocenters. The molecule has 0 N–H and O–H groups in total. The van der Waals surface area contributed by atoms with E-state index >= 15 is 0 Å². The Morgan fingerprint density at radius 1 is 1.37 bits per heavy atom. The molecule has 0 spiro atoms. The minimum atomic E-state index is -4.32. The summed E-state index contributed by atoms with van der Waals surface area (Å²) >= 11 is 5.74. The standard InChI is InChI=1S/C13H16ClF3N2/c14-6-5-10-2-1-7-19(9-10)12-4-3-11(8-18-12)13(15,16)17/h3-4,8,10H,1-2,5-7,9H2. The van der Waals surface area contributed by atoms with E-state index in [0.717, 1.165) is 44.6 Å². The number of aromatic nitrogens is 1. The molecular weight excluding hydrogens is 277 g/mol. The van der Waals surface area contributed by atoms with E-state index in [0.29, 0.717) is 17.6 Å². The molecule has 2 heterocycles. The zero-order valence-corrected chi connectivity index (χ0v) is 11.2. The Morgan fingerprint density at radius 2 is 2.16 bits per heavy atom. The number of alkyl halides is 4. The first kappa shape index (κ1) is 14.4. The van der Waals surface area contributed by atoms with Gasteiger partial charge in [0.15, 0.2) is 0 Å². The second-order valence-electron chi connectivity index (χ2n) is 4.83. The van der Waals surface area contributed by atoms with Crippen LogP contribution in [0.3, 0.4) is 0 Å². The molecule has 6 heteroatoms. The van der Waals surface area contributed by atoms with Gasteiger partial charge in [0.2, 0.25) is 0 Å². The molecule has 0 aliphatic carbocycles. The minimum absolute atomic E-state index is 0.510. The Morgan fingerprint density at radius 3 is 2.74 bits per heavy atom. The highest BCUT2D eigenvalue weighted by atomic mass is 35.5. The number of pyridine rings is 1. The van der Waals surface area contributed by atoms with E-state index in [9.17, 15) is 13.2 Å². The molecule has 1 aliphatic heterocycles. The molecule has 1 fully saturated rings. The highest BCUT2D eigenvalue weighted by Crippen LogP contribution is 2.30. The summed E-state index contributed by atoms with van der Waals surface area (Å²) in [4.78, 5) is 5.98. The number of hydrogen-bond acceptors (Lipinski definition) is 2. The van der Waals surface area contributed by atoms with Crippen molar-refractivity contribution in [1.29, 1.82) is 0 Å². The molecule has 2 nitrogen and oxygen atoms in total. The lowest BCUT2D eigenvalue weighted by molar-refractivity contribution is -0.137. The number of rotatable bonds is 3. The second kappa shape index (κ2) is 5.99. The van der Waals surface area contributed by atoms with Crippen LogP contribution in [-0.2, 0) is 6.18 Å². The topological polar surface area (TPSA) is 16.1 Å². The molecule has 19 heavy (non-hydrogen) atoms. The number of piperidine rings is 1. The van der Waals surface area contributed by atoms with Crippen LogP contribution in [0, 0.1) is 5.92 Å². The van der Waals surface area contributed by atoms with Crippen LogP contribution in [-0.4, -0.2) is 24.0 Å². The fourth-order valence-electron chi connectivity index (χ4n) is 2.40. The highest BCUT2D eigenvalue weighted by molar-refractivity contribution is 6.17. The maximum absolute atomic E-state index is 12.5. The molecule has 2 rings (SSSR count). The van der Waals surface area contributed by atoms with Crippen molar-refractivity contribution < 1.29 is 13.2 Å². The minimum Gasteiger partial charge on any atom is -0.356 e. The van der Waals surface area contributed by atoms with Crippen LogP contribution in [0.5, 0.6) is 0 Å². The van der Waals surface area contributed by atoms with Crippen molar-refractivity contribution in [2.24, 2.45) is 5.92 Å². The molecule has 0 bridgehead atoms. The molecule has 0 radical (unpaired) electrons. The third-order valence-electron chi connectivity index (χ3n) is 3.44. The van der Waals surface area contributed by atoms with Crippen molar-refractivity contribution in [1.82, 2.24) is 4.98 Å². The molecule has 1 saturated heterocycles. The monoisotopic (exact) mass is 292 g/mol. The number of hydrogen-bond donors (Lipinski definition) is 0. The lowest BCUT2D eigenvalue weighted by Gasteiger charge is -2.33. The number of nitrogens with zero attached hydrogens (tertiary/aromatic N) is 2. The first-order chi connectivity index (χ1) is 9.00. The molecular formula is C13H16ClF3N2. The Kier molecular flexibility index (Phi) is 4.55. The summed E-state index contributed by atoms with van der Waals surface area (Å²) in [6, 6.07) is 2.54. The third-order valence-corrected chi connectivity index (χ3v) is 3.65. The highest BCUT2D eigenvalue weighted by Gasteiger charge is 2.31. The van der Waals surface area contributed by atoms with Gasteiger partial charge in [-0.2, -0.15) is 13.2 Å². The summed E-state index contributed by atoms with van der Waals surface area (Å²) in [6.07, 6.45) is -0.318. The molecule has 1 aromatic rings. The summed E-state index contributed by atoms with van der Waals surface area (Å²) in [6.45, 7) is 1.67. The van der Waals surface area contributed by atoms with Crippen LogP contribution >= 0.6 is 11.6 Å². The predicted molar refractivity (Wildman–Crippen MR) is 69.5 cm³/mol. The Balaban J connectivity index is 2.05. The van der Waals surface area contributed by atoms with Gasteiger partial charge in [-0.15, -0.1) is 11.6 Å². The predicted octanol–water partition coefficient (Wildman–Crippen LogP) is 3.95. The van der Waals surface area contributed by atoms with Gasteiger partial charge in [-0.05, 0) is 37.3 Å². The summed E-state index contributed by atoms with van der Waals surface area (Å²) in [5.74, 6) is 1.75. The van der Waals surface area contributed by atoms with E-state index in [1.165, 1.54) is 6.07 Å². The molecule has 1 unspecified atom stereocenters. The fraction of sp³-hybridized carbons (Fsp3) is 0.615. The summed E-state index contributed by atoms with van der Waals surface area (Å²) in [7, 11) is 0. The third kappa shape index (κ3) is 3.75. The van der Waals surface area contributed by atoms with Crippen LogP contribution in [0.2, 0.25) is 0 Å².